The van der Waals surface area contributed by atoms with E-state index in [4.69, 9.17) is 4.74 Å². The van der Waals surface area contributed by atoms with E-state index in [1.54, 1.807) is 25.1 Å². The quantitative estimate of drug-likeness (QED) is 0.305. The molecule has 1 amide bonds. The van der Waals surface area contributed by atoms with Gasteiger partial charge in [0.1, 0.15) is 24.0 Å². The van der Waals surface area contributed by atoms with Crippen LogP contribution in [0.4, 0.5) is 10.1 Å². The molecule has 1 aliphatic rings. The standard InChI is InChI=1S/C30H33FN2O3S/c1-19(20(2)34)27-5-3-4-6-29(27)33-30(35)28-16-25(36-18-24-15-26(37)17-32-24)14-11-22(28)10-7-21-8-12-23(31)13-9-21/h3-6,8-9,11-14,16,19,24,26,32,37H,7,10,15,17-18H2,1-2H3,(H,33,35)/t19-,24+,26+/m1/s1. The second kappa shape index (κ2) is 12.4. The van der Waals surface area contributed by atoms with Crippen molar-refractivity contribution in [2.75, 3.05) is 18.5 Å². The number of hydrogen-bond acceptors (Lipinski definition) is 5. The van der Waals surface area contributed by atoms with Gasteiger partial charge >= 0.3 is 0 Å². The van der Waals surface area contributed by atoms with Crippen molar-refractivity contribution in [3.63, 3.8) is 0 Å². The van der Waals surface area contributed by atoms with Crippen LogP contribution in [0, 0.1) is 5.82 Å². The highest BCUT2D eigenvalue weighted by atomic mass is 32.1. The van der Waals surface area contributed by atoms with Crippen LogP contribution in [0.25, 0.3) is 0 Å². The van der Waals surface area contributed by atoms with Crippen molar-refractivity contribution in [1.29, 1.82) is 0 Å². The molecule has 0 saturated carbocycles. The molecule has 1 saturated heterocycles. The van der Waals surface area contributed by atoms with E-state index in [0.717, 1.165) is 29.7 Å². The number of rotatable bonds is 10. The lowest BCUT2D eigenvalue weighted by Gasteiger charge is -2.18. The maximum atomic E-state index is 13.6. The van der Waals surface area contributed by atoms with E-state index in [2.05, 4.69) is 23.3 Å². The van der Waals surface area contributed by atoms with Crippen molar-refractivity contribution in [2.45, 2.75) is 50.3 Å². The van der Waals surface area contributed by atoms with E-state index < -0.39 is 0 Å². The van der Waals surface area contributed by atoms with Gasteiger partial charge in [-0.3, -0.25) is 9.59 Å². The number of ketones is 1. The molecule has 7 heteroatoms. The molecule has 37 heavy (non-hydrogen) atoms. The Morgan fingerprint density at radius 3 is 2.57 bits per heavy atom. The van der Waals surface area contributed by atoms with Gasteiger partial charge in [0.15, 0.2) is 0 Å². The maximum absolute atomic E-state index is 13.6. The highest BCUT2D eigenvalue weighted by Crippen LogP contribution is 2.27. The van der Waals surface area contributed by atoms with E-state index in [0.29, 0.717) is 41.7 Å². The van der Waals surface area contributed by atoms with Gasteiger partial charge in [0.25, 0.3) is 5.91 Å². The van der Waals surface area contributed by atoms with Gasteiger partial charge in [-0.15, -0.1) is 0 Å². The highest BCUT2D eigenvalue weighted by Gasteiger charge is 2.22. The first-order chi connectivity index (χ1) is 17.8. The number of para-hydroxylation sites is 1. The molecule has 0 unspecified atom stereocenters. The minimum Gasteiger partial charge on any atom is -0.492 e. The molecule has 5 nitrogen and oxygen atoms in total. The summed E-state index contributed by atoms with van der Waals surface area (Å²) in [5.74, 6) is -0.229. The lowest BCUT2D eigenvalue weighted by atomic mass is 9.95. The number of anilines is 1. The first-order valence-corrected chi connectivity index (χ1v) is 13.1. The lowest BCUT2D eigenvalue weighted by Crippen LogP contribution is -2.28. The van der Waals surface area contributed by atoms with Crippen LogP contribution in [0.3, 0.4) is 0 Å². The molecule has 0 aliphatic carbocycles. The number of benzene rings is 3. The topological polar surface area (TPSA) is 67.4 Å². The average molecular weight is 521 g/mol. The van der Waals surface area contributed by atoms with Gasteiger partial charge in [0.2, 0.25) is 0 Å². The minimum atomic E-state index is -0.335. The number of Topliss-reactive ketones (excluding diaryl/α,β-unsaturated/α-hetero) is 1. The summed E-state index contributed by atoms with van der Waals surface area (Å²) in [6, 6.07) is 19.6. The Morgan fingerprint density at radius 2 is 1.86 bits per heavy atom. The van der Waals surface area contributed by atoms with Crippen LogP contribution in [-0.2, 0) is 17.6 Å². The number of aryl methyl sites for hydroxylation is 2. The molecule has 1 heterocycles. The molecule has 194 valence electrons. The summed E-state index contributed by atoms with van der Waals surface area (Å²) in [5.41, 5.74) is 3.75. The predicted octanol–water partition coefficient (Wildman–Crippen LogP) is 5.59. The summed E-state index contributed by atoms with van der Waals surface area (Å²) < 4.78 is 19.4. The molecular weight excluding hydrogens is 487 g/mol. The Kier molecular flexibility index (Phi) is 9.00. The number of carbonyl (C=O) groups is 2. The Bertz CT molecular complexity index is 1250. The summed E-state index contributed by atoms with van der Waals surface area (Å²) in [6.45, 7) is 4.73. The van der Waals surface area contributed by atoms with Crippen LogP contribution in [-0.4, -0.2) is 36.1 Å². The molecule has 2 N–H and O–H groups in total. The predicted molar refractivity (Wildman–Crippen MR) is 148 cm³/mol. The third-order valence-electron chi connectivity index (χ3n) is 6.86. The van der Waals surface area contributed by atoms with Gasteiger partial charge in [-0.1, -0.05) is 43.3 Å². The van der Waals surface area contributed by atoms with Gasteiger partial charge < -0.3 is 15.4 Å². The van der Waals surface area contributed by atoms with Gasteiger partial charge in [-0.2, -0.15) is 12.6 Å². The van der Waals surface area contributed by atoms with Crippen molar-refractivity contribution in [3.8, 4) is 5.75 Å². The number of halogens is 1. The zero-order valence-corrected chi connectivity index (χ0v) is 22.1. The molecule has 0 bridgehead atoms. The van der Waals surface area contributed by atoms with Crippen molar-refractivity contribution in [3.05, 3.63) is 94.8 Å². The van der Waals surface area contributed by atoms with Crippen LogP contribution < -0.4 is 15.4 Å². The Morgan fingerprint density at radius 1 is 1.11 bits per heavy atom. The molecule has 0 spiro atoms. The van der Waals surface area contributed by atoms with E-state index in [9.17, 15) is 14.0 Å². The number of hydrogen-bond donors (Lipinski definition) is 3. The smallest absolute Gasteiger partial charge is 0.256 e. The number of carbonyl (C=O) groups excluding carboxylic acids is 2. The fraction of sp³-hybridized carbons (Fsp3) is 0.333. The van der Waals surface area contributed by atoms with Gasteiger partial charge in [0, 0.05) is 35.0 Å². The summed E-state index contributed by atoms with van der Waals surface area (Å²) in [4.78, 5) is 25.6. The molecule has 0 radical (unpaired) electrons. The average Bonchev–Trinajstić information content (AvgIpc) is 3.32. The van der Waals surface area contributed by atoms with E-state index in [1.807, 2.05) is 43.3 Å². The largest absolute Gasteiger partial charge is 0.492 e. The van der Waals surface area contributed by atoms with Gasteiger partial charge in [-0.25, -0.2) is 4.39 Å². The van der Waals surface area contributed by atoms with Crippen LogP contribution in [0.5, 0.6) is 5.75 Å². The minimum absolute atomic E-state index is 0.0288. The summed E-state index contributed by atoms with van der Waals surface area (Å²) in [7, 11) is 0. The van der Waals surface area contributed by atoms with Crippen molar-refractivity contribution >= 4 is 30.0 Å². The molecule has 1 fully saturated rings. The number of nitrogens with one attached hydrogen (secondary N) is 2. The Hall–Kier alpha value is -3.16. The first kappa shape index (κ1) is 26.9. The number of thiol groups is 1. The van der Waals surface area contributed by atoms with Crippen LogP contribution in [0.2, 0.25) is 0 Å². The summed E-state index contributed by atoms with van der Waals surface area (Å²) >= 11 is 4.52. The normalized spacial score (nSPS) is 17.8. The molecule has 0 aromatic heterocycles. The van der Waals surface area contributed by atoms with Crippen molar-refractivity contribution in [2.24, 2.45) is 0 Å². The van der Waals surface area contributed by atoms with Crippen LogP contribution >= 0.6 is 12.6 Å². The van der Waals surface area contributed by atoms with E-state index in [1.165, 1.54) is 12.1 Å². The number of ether oxygens (including phenoxy) is 1. The van der Waals surface area contributed by atoms with E-state index in [-0.39, 0.29) is 29.5 Å². The fourth-order valence-corrected chi connectivity index (χ4v) is 4.88. The molecule has 3 aromatic carbocycles. The Balaban J connectivity index is 1.56. The molecule has 4 rings (SSSR count). The second-order valence-corrected chi connectivity index (χ2v) is 10.4. The van der Waals surface area contributed by atoms with Gasteiger partial charge in [0.05, 0.1) is 0 Å². The van der Waals surface area contributed by atoms with Crippen LogP contribution in [0.1, 0.15) is 53.2 Å². The lowest BCUT2D eigenvalue weighted by molar-refractivity contribution is -0.118. The van der Waals surface area contributed by atoms with E-state index >= 15 is 0 Å². The molecule has 1 aliphatic heterocycles. The molecular formula is C30H33FN2O3S. The third-order valence-corrected chi connectivity index (χ3v) is 7.25. The highest BCUT2D eigenvalue weighted by molar-refractivity contribution is 7.81. The Labute approximate surface area is 223 Å². The maximum Gasteiger partial charge on any atom is 0.256 e. The fourth-order valence-electron chi connectivity index (χ4n) is 4.52. The zero-order valence-electron chi connectivity index (χ0n) is 21.2. The third kappa shape index (κ3) is 7.21. The zero-order chi connectivity index (χ0) is 26.4. The summed E-state index contributed by atoms with van der Waals surface area (Å²) in [6.07, 6.45) is 2.19. The van der Waals surface area contributed by atoms with Crippen molar-refractivity contribution in [1.82, 2.24) is 5.32 Å². The van der Waals surface area contributed by atoms with Crippen molar-refractivity contribution < 1.29 is 18.7 Å². The second-order valence-electron chi connectivity index (χ2n) is 9.62. The first-order valence-electron chi connectivity index (χ1n) is 12.6. The number of amides is 1. The summed E-state index contributed by atoms with van der Waals surface area (Å²) in [5, 5.41) is 6.73. The van der Waals surface area contributed by atoms with Gasteiger partial charge in [-0.05, 0) is 73.2 Å². The van der Waals surface area contributed by atoms with Crippen LogP contribution in [0.15, 0.2) is 66.7 Å². The molecule has 3 aromatic rings. The monoisotopic (exact) mass is 520 g/mol. The molecule has 3 atom stereocenters. The SMILES string of the molecule is CC(=O)[C@@H](C)c1ccccc1NC(=O)c1cc(OC[C@@H]2C[C@H](S)CN2)ccc1CCc1ccc(F)cc1.